The van der Waals surface area contributed by atoms with Crippen LogP contribution in [-0.2, 0) is 4.79 Å². The minimum atomic E-state index is -0.372. The number of carbonyl (C=O) groups is 2. The van der Waals surface area contributed by atoms with E-state index in [-0.39, 0.29) is 18.0 Å². The Kier molecular flexibility index (Phi) is 5.16. The average molecular weight is 271 g/mol. The summed E-state index contributed by atoms with van der Waals surface area (Å²) in [6.45, 7) is 1.42. The van der Waals surface area contributed by atoms with E-state index < -0.39 is 0 Å². The van der Waals surface area contributed by atoms with Gasteiger partial charge >= 0.3 is 6.03 Å². The van der Waals surface area contributed by atoms with Crippen LogP contribution in [0.3, 0.4) is 0 Å². The number of hydrogen-bond acceptors (Lipinski definition) is 3. The van der Waals surface area contributed by atoms with Crippen molar-refractivity contribution in [1.82, 2.24) is 16.0 Å². The molecule has 2 atom stereocenters. The molecule has 5 nitrogen and oxygen atoms in total. The SMILES string of the molecule is O=C(NC[C@H]1CCCS1)N[C@H]1CCCCNC1=O. The van der Waals surface area contributed by atoms with E-state index in [0.29, 0.717) is 11.8 Å². The second-order valence-corrected chi connectivity index (χ2v) is 6.24. The molecule has 2 rings (SSSR count). The first kappa shape index (κ1) is 13.5. The highest BCUT2D eigenvalue weighted by Crippen LogP contribution is 2.25. The van der Waals surface area contributed by atoms with Crippen molar-refractivity contribution in [3.8, 4) is 0 Å². The van der Waals surface area contributed by atoms with Crippen LogP contribution in [0.5, 0.6) is 0 Å². The van der Waals surface area contributed by atoms with E-state index in [0.717, 1.165) is 25.8 Å². The number of nitrogens with one attached hydrogen (secondary N) is 3. The highest BCUT2D eigenvalue weighted by molar-refractivity contribution is 8.00. The smallest absolute Gasteiger partial charge is 0.315 e. The largest absolute Gasteiger partial charge is 0.354 e. The van der Waals surface area contributed by atoms with Gasteiger partial charge in [-0.15, -0.1) is 0 Å². The lowest BCUT2D eigenvalue weighted by Crippen LogP contribution is -2.49. The topological polar surface area (TPSA) is 70.2 Å². The number of carbonyl (C=O) groups excluding carboxylic acids is 2. The van der Waals surface area contributed by atoms with E-state index in [1.807, 2.05) is 11.8 Å². The molecule has 0 unspecified atom stereocenters. The summed E-state index contributed by atoms with van der Waals surface area (Å²) < 4.78 is 0. The minimum absolute atomic E-state index is 0.0575. The van der Waals surface area contributed by atoms with E-state index >= 15 is 0 Å². The van der Waals surface area contributed by atoms with Gasteiger partial charge in [-0.25, -0.2) is 4.79 Å². The van der Waals surface area contributed by atoms with E-state index in [1.165, 1.54) is 18.6 Å². The van der Waals surface area contributed by atoms with Gasteiger partial charge in [0.15, 0.2) is 0 Å². The Morgan fingerprint density at radius 1 is 1.33 bits per heavy atom. The molecule has 0 aromatic carbocycles. The number of amides is 3. The number of hydrogen-bond donors (Lipinski definition) is 3. The first-order valence-corrected chi connectivity index (χ1v) is 7.74. The van der Waals surface area contributed by atoms with Crippen molar-refractivity contribution in [2.45, 2.75) is 43.4 Å². The van der Waals surface area contributed by atoms with Crippen molar-refractivity contribution in [1.29, 1.82) is 0 Å². The fourth-order valence-corrected chi connectivity index (χ4v) is 3.50. The molecule has 2 aliphatic rings. The molecule has 0 radical (unpaired) electrons. The van der Waals surface area contributed by atoms with Gasteiger partial charge in [0.05, 0.1) is 0 Å². The predicted octanol–water partition coefficient (Wildman–Crippen LogP) is 0.850. The molecule has 0 aromatic heterocycles. The van der Waals surface area contributed by atoms with Crippen LogP contribution in [0, 0.1) is 0 Å². The molecular weight excluding hydrogens is 250 g/mol. The van der Waals surface area contributed by atoms with Gasteiger partial charge in [0.1, 0.15) is 6.04 Å². The molecule has 18 heavy (non-hydrogen) atoms. The summed E-state index contributed by atoms with van der Waals surface area (Å²) in [5, 5.41) is 8.98. The van der Waals surface area contributed by atoms with Gasteiger partial charge in [0, 0.05) is 18.3 Å². The van der Waals surface area contributed by atoms with E-state index in [2.05, 4.69) is 16.0 Å². The zero-order valence-electron chi connectivity index (χ0n) is 10.5. The van der Waals surface area contributed by atoms with E-state index in [4.69, 9.17) is 0 Å². The van der Waals surface area contributed by atoms with Crippen LogP contribution in [-0.4, -0.2) is 42.1 Å². The second-order valence-electron chi connectivity index (χ2n) is 4.83. The van der Waals surface area contributed by atoms with Gasteiger partial charge in [-0.05, 0) is 37.9 Å². The monoisotopic (exact) mass is 271 g/mol. The van der Waals surface area contributed by atoms with Gasteiger partial charge in [-0.2, -0.15) is 11.8 Å². The summed E-state index contributed by atoms with van der Waals surface area (Å²) >= 11 is 1.91. The Morgan fingerprint density at radius 3 is 3.00 bits per heavy atom. The molecular formula is C12H21N3O2S. The molecule has 102 valence electrons. The highest BCUT2D eigenvalue weighted by atomic mass is 32.2. The molecule has 0 spiro atoms. The Balaban J connectivity index is 1.70. The van der Waals surface area contributed by atoms with Crippen molar-refractivity contribution in [3.05, 3.63) is 0 Å². The summed E-state index contributed by atoms with van der Waals surface area (Å²) in [6, 6.07) is -0.590. The first-order valence-electron chi connectivity index (χ1n) is 6.69. The predicted molar refractivity (Wildman–Crippen MR) is 72.7 cm³/mol. The van der Waals surface area contributed by atoms with Crippen molar-refractivity contribution in [2.24, 2.45) is 0 Å². The van der Waals surface area contributed by atoms with Gasteiger partial charge in [-0.1, -0.05) is 0 Å². The lowest BCUT2D eigenvalue weighted by molar-refractivity contribution is -0.122. The third kappa shape index (κ3) is 4.08. The molecule has 0 bridgehead atoms. The number of rotatable bonds is 3. The van der Waals surface area contributed by atoms with Crippen LogP contribution < -0.4 is 16.0 Å². The number of thioether (sulfide) groups is 1. The minimum Gasteiger partial charge on any atom is -0.354 e. The van der Waals surface area contributed by atoms with Crippen molar-refractivity contribution < 1.29 is 9.59 Å². The Bertz CT molecular complexity index is 306. The Hall–Kier alpha value is -0.910. The zero-order valence-corrected chi connectivity index (χ0v) is 11.4. The van der Waals surface area contributed by atoms with Crippen LogP contribution in [0.2, 0.25) is 0 Å². The van der Waals surface area contributed by atoms with Crippen LogP contribution >= 0.6 is 11.8 Å². The molecule has 2 aliphatic heterocycles. The van der Waals surface area contributed by atoms with Crippen molar-refractivity contribution in [2.75, 3.05) is 18.8 Å². The maximum absolute atomic E-state index is 11.7. The summed E-state index contributed by atoms with van der Waals surface area (Å²) in [4.78, 5) is 23.4. The van der Waals surface area contributed by atoms with Gasteiger partial charge in [-0.3, -0.25) is 4.79 Å². The number of urea groups is 1. The third-order valence-electron chi connectivity index (χ3n) is 3.35. The quantitative estimate of drug-likeness (QED) is 0.713. The van der Waals surface area contributed by atoms with Crippen LogP contribution in [0.4, 0.5) is 4.79 Å². The third-order valence-corrected chi connectivity index (χ3v) is 4.75. The van der Waals surface area contributed by atoms with Gasteiger partial charge in [0.2, 0.25) is 5.91 Å². The molecule has 2 heterocycles. The van der Waals surface area contributed by atoms with E-state index in [1.54, 1.807) is 0 Å². The van der Waals surface area contributed by atoms with Crippen LogP contribution in [0.25, 0.3) is 0 Å². The van der Waals surface area contributed by atoms with Crippen molar-refractivity contribution >= 4 is 23.7 Å². The van der Waals surface area contributed by atoms with Crippen molar-refractivity contribution in [3.63, 3.8) is 0 Å². The summed E-state index contributed by atoms with van der Waals surface area (Å²) in [7, 11) is 0. The fraction of sp³-hybridized carbons (Fsp3) is 0.833. The summed E-state index contributed by atoms with van der Waals surface area (Å²) in [5.74, 6) is 1.14. The molecule has 2 saturated heterocycles. The average Bonchev–Trinajstić information content (AvgIpc) is 2.80. The maximum atomic E-state index is 11.7. The maximum Gasteiger partial charge on any atom is 0.315 e. The lowest BCUT2D eigenvalue weighted by atomic mass is 10.1. The summed E-state index contributed by atoms with van der Waals surface area (Å²) in [6.07, 6.45) is 5.11. The first-order chi connectivity index (χ1) is 8.75. The standard InChI is InChI=1S/C12H21N3O2S/c16-11-10(5-1-2-6-13-11)15-12(17)14-8-9-4-3-7-18-9/h9-10H,1-8H2,(H,13,16)(H2,14,15,17)/t9-,10+/m1/s1. The van der Waals surface area contributed by atoms with Crippen LogP contribution in [0.15, 0.2) is 0 Å². The molecule has 0 aliphatic carbocycles. The van der Waals surface area contributed by atoms with E-state index in [9.17, 15) is 9.59 Å². The lowest BCUT2D eigenvalue weighted by Gasteiger charge is -2.17. The normalized spacial score (nSPS) is 28.3. The Morgan fingerprint density at radius 2 is 2.22 bits per heavy atom. The van der Waals surface area contributed by atoms with Crippen LogP contribution in [0.1, 0.15) is 32.1 Å². The molecule has 3 amide bonds. The Labute approximate surface area is 112 Å². The molecule has 6 heteroatoms. The fourth-order valence-electron chi connectivity index (χ4n) is 2.30. The molecule has 0 saturated carbocycles. The molecule has 2 fully saturated rings. The zero-order chi connectivity index (χ0) is 12.8. The summed E-state index contributed by atoms with van der Waals surface area (Å²) in [5.41, 5.74) is 0. The molecule has 3 N–H and O–H groups in total. The highest BCUT2D eigenvalue weighted by Gasteiger charge is 2.23. The molecule has 0 aromatic rings. The van der Waals surface area contributed by atoms with Gasteiger partial charge < -0.3 is 16.0 Å². The van der Waals surface area contributed by atoms with Gasteiger partial charge in [0.25, 0.3) is 0 Å². The second kappa shape index (κ2) is 6.87.